The van der Waals surface area contributed by atoms with E-state index in [9.17, 15) is 4.79 Å². The number of nitrogens with one attached hydrogen (secondary N) is 1. The van der Waals surface area contributed by atoms with Crippen molar-refractivity contribution in [3.63, 3.8) is 0 Å². The summed E-state index contributed by atoms with van der Waals surface area (Å²) in [5.74, 6) is -0.269. The summed E-state index contributed by atoms with van der Waals surface area (Å²) in [4.78, 5) is 11.1. The second-order valence-electron chi connectivity index (χ2n) is 5.90. The fraction of sp³-hybridized carbons (Fsp3) is 0.222. The summed E-state index contributed by atoms with van der Waals surface area (Å²) >= 11 is 0. The molecule has 1 fully saturated rings. The molecular weight excluding hydrogens is 276 g/mol. The van der Waals surface area contributed by atoms with E-state index in [0.29, 0.717) is 5.92 Å². The van der Waals surface area contributed by atoms with Gasteiger partial charge in [-0.2, -0.15) is 5.10 Å². The second kappa shape index (κ2) is 4.98. The lowest BCUT2D eigenvalue weighted by Crippen LogP contribution is -2.04. The van der Waals surface area contributed by atoms with Crippen molar-refractivity contribution in [3.8, 4) is 11.1 Å². The van der Waals surface area contributed by atoms with Gasteiger partial charge in [-0.15, -0.1) is 0 Å². The number of aromatic amines is 1. The van der Waals surface area contributed by atoms with Crippen molar-refractivity contribution < 1.29 is 9.90 Å². The van der Waals surface area contributed by atoms with E-state index in [1.165, 1.54) is 5.56 Å². The van der Waals surface area contributed by atoms with E-state index >= 15 is 0 Å². The number of carboxylic acid groups (broad SMARTS) is 1. The van der Waals surface area contributed by atoms with Gasteiger partial charge in [0, 0.05) is 5.39 Å². The van der Waals surface area contributed by atoms with Crippen LogP contribution in [0.25, 0.3) is 22.0 Å². The number of carbonyl (C=O) groups is 1. The zero-order chi connectivity index (χ0) is 15.1. The van der Waals surface area contributed by atoms with Crippen LogP contribution in [0, 0.1) is 0 Å². The lowest BCUT2D eigenvalue weighted by molar-refractivity contribution is -0.136. The first kappa shape index (κ1) is 13.1. The first-order valence-corrected chi connectivity index (χ1v) is 7.49. The number of aromatic nitrogens is 2. The van der Waals surface area contributed by atoms with Gasteiger partial charge in [0.2, 0.25) is 0 Å². The summed E-state index contributed by atoms with van der Waals surface area (Å²) < 4.78 is 0. The van der Waals surface area contributed by atoms with Crippen molar-refractivity contribution in [2.24, 2.45) is 0 Å². The molecule has 110 valence electrons. The average Bonchev–Trinajstić information content (AvgIpc) is 3.23. The Bertz CT molecular complexity index is 862. The Labute approximate surface area is 127 Å². The smallest absolute Gasteiger partial charge is 0.307 e. The molecule has 2 aromatic carbocycles. The first-order valence-electron chi connectivity index (χ1n) is 7.49. The van der Waals surface area contributed by atoms with Crippen molar-refractivity contribution in [1.82, 2.24) is 10.2 Å². The Morgan fingerprint density at radius 2 is 2.14 bits per heavy atom. The van der Waals surface area contributed by atoms with Gasteiger partial charge in [0.1, 0.15) is 0 Å². The van der Waals surface area contributed by atoms with Crippen LogP contribution in [0.5, 0.6) is 0 Å². The molecule has 2 N–H and O–H groups in total. The van der Waals surface area contributed by atoms with Gasteiger partial charge in [0.25, 0.3) is 0 Å². The third-order valence-electron chi connectivity index (χ3n) is 4.27. The highest BCUT2D eigenvalue weighted by Crippen LogP contribution is 2.46. The fourth-order valence-electron chi connectivity index (χ4n) is 3.15. The van der Waals surface area contributed by atoms with Crippen molar-refractivity contribution >= 4 is 16.9 Å². The SMILES string of the molecule is O=C(O)Cc1cccc(-c2ccc3[nH]ncc3c2)c1C1CC1. The minimum Gasteiger partial charge on any atom is -0.481 e. The number of nitrogens with zero attached hydrogens (tertiary/aromatic N) is 1. The van der Waals surface area contributed by atoms with Crippen molar-refractivity contribution in [1.29, 1.82) is 0 Å². The maximum atomic E-state index is 11.1. The monoisotopic (exact) mass is 292 g/mol. The number of rotatable bonds is 4. The van der Waals surface area contributed by atoms with Gasteiger partial charge in [-0.25, -0.2) is 0 Å². The minimum atomic E-state index is -0.774. The van der Waals surface area contributed by atoms with Crippen molar-refractivity contribution in [2.45, 2.75) is 25.2 Å². The Hall–Kier alpha value is -2.62. The molecule has 0 bridgehead atoms. The van der Waals surface area contributed by atoms with Crippen molar-refractivity contribution in [2.75, 3.05) is 0 Å². The largest absolute Gasteiger partial charge is 0.481 e. The lowest BCUT2D eigenvalue weighted by atomic mass is 9.90. The highest BCUT2D eigenvalue weighted by Gasteiger charge is 2.29. The third kappa shape index (κ3) is 2.26. The molecule has 1 saturated carbocycles. The molecule has 1 aliphatic rings. The molecule has 1 aromatic heterocycles. The highest BCUT2D eigenvalue weighted by molar-refractivity contribution is 5.85. The standard InChI is InChI=1S/C18H16N2O2/c21-17(22)9-13-2-1-3-15(18(13)11-4-5-11)12-6-7-16-14(8-12)10-19-20-16/h1-3,6-8,10-11H,4-5,9H2,(H,19,20)(H,21,22). The molecule has 4 heteroatoms. The summed E-state index contributed by atoms with van der Waals surface area (Å²) in [5.41, 5.74) is 5.46. The summed E-state index contributed by atoms with van der Waals surface area (Å²) in [6.45, 7) is 0. The number of hydrogen-bond donors (Lipinski definition) is 2. The van der Waals surface area contributed by atoms with Gasteiger partial charge >= 0.3 is 5.97 Å². The van der Waals surface area contributed by atoms with E-state index < -0.39 is 5.97 Å². The molecule has 1 aliphatic carbocycles. The first-order chi connectivity index (χ1) is 10.7. The van der Waals surface area contributed by atoms with Gasteiger partial charge in [-0.05, 0) is 53.1 Å². The fourth-order valence-corrected chi connectivity index (χ4v) is 3.15. The average molecular weight is 292 g/mol. The molecule has 1 heterocycles. The summed E-state index contributed by atoms with van der Waals surface area (Å²) in [7, 11) is 0. The third-order valence-corrected chi connectivity index (χ3v) is 4.27. The maximum Gasteiger partial charge on any atom is 0.307 e. The van der Waals surface area contributed by atoms with Crippen molar-refractivity contribution in [3.05, 3.63) is 53.7 Å². The number of aliphatic carboxylic acids is 1. The number of carboxylic acids is 1. The number of benzene rings is 2. The van der Waals surface area contributed by atoms with Crippen LogP contribution in [0.3, 0.4) is 0 Å². The van der Waals surface area contributed by atoms with Crippen LogP contribution in [0.2, 0.25) is 0 Å². The van der Waals surface area contributed by atoms with E-state index in [4.69, 9.17) is 5.11 Å². The van der Waals surface area contributed by atoms with E-state index in [0.717, 1.165) is 40.4 Å². The molecule has 4 nitrogen and oxygen atoms in total. The van der Waals surface area contributed by atoms with E-state index in [1.54, 1.807) is 0 Å². The molecule has 0 spiro atoms. The van der Waals surface area contributed by atoms with Gasteiger partial charge in [0.15, 0.2) is 0 Å². The topological polar surface area (TPSA) is 66.0 Å². The molecule has 22 heavy (non-hydrogen) atoms. The zero-order valence-corrected chi connectivity index (χ0v) is 12.0. The van der Waals surface area contributed by atoms with Crippen LogP contribution in [0.15, 0.2) is 42.6 Å². The van der Waals surface area contributed by atoms with Gasteiger partial charge in [-0.3, -0.25) is 9.89 Å². The van der Waals surface area contributed by atoms with E-state index in [-0.39, 0.29) is 6.42 Å². The van der Waals surface area contributed by atoms with Crippen LogP contribution < -0.4 is 0 Å². The van der Waals surface area contributed by atoms with Gasteiger partial charge < -0.3 is 5.11 Å². The second-order valence-corrected chi connectivity index (χ2v) is 5.90. The Morgan fingerprint density at radius 3 is 2.91 bits per heavy atom. The van der Waals surface area contributed by atoms with Crippen LogP contribution >= 0.6 is 0 Å². The normalized spacial score (nSPS) is 14.4. The molecular formula is C18H16N2O2. The maximum absolute atomic E-state index is 11.1. The van der Waals surface area contributed by atoms with Gasteiger partial charge in [-0.1, -0.05) is 24.3 Å². The molecule has 0 saturated heterocycles. The molecule has 3 aromatic rings. The molecule has 0 amide bonds. The highest BCUT2D eigenvalue weighted by atomic mass is 16.4. The predicted octanol–water partition coefficient (Wildman–Crippen LogP) is 3.73. The Balaban J connectivity index is 1.87. The Kier molecular flexibility index (Phi) is 2.96. The summed E-state index contributed by atoms with van der Waals surface area (Å²) in [6.07, 6.45) is 4.21. The molecule has 0 atom stereocenters. The summed E-state index contributed by atoms with van der Waals surface area (Å²) in [6, 6.07) is 12.2. The summed E-state index contributed by atoms with van der Waals surface area (Å²) in [5, 5.41) is 17.2. The lowest BCUT2D eigenvalue weighted by Gasteiger charge is -2.14. The number of H-pyrrole nitrogens is 1. The van der Waals surface area contributed by atoms with Crippen LogP contribution in [0.4, 0.5) is 0 Å². The predicted molar refractivity (Wildman–Crippen MR) is 84.8 cm³/mol. The minimum absolute atomic E-state index is 0.0909. The molecule has 0 unspecified atom stereocenters. The number of hydrogen-bond acceptors (Lipinski definition) is 2. The zero-order valence-electron chi connectivity index (χ0n) is 12.0. The molecule has 4 rings (SSSR count). The van der Waals surface area contributed by atoms with Crippen LogP contribution in [0.1, 0.15) is 29.9 Å². The number of fused-ring (bicyclic) bond motifs is 1. The quantitative estimate of drug-likeness (QED) is 0.770. The van der Waals surface area contributed by atoms with Gasteiger partial charge in [0.05, 0.1) is 18.1 Å². The van der Waals surface area contributed by atoms with Crippen LogP contribution in [-0.2, 0) is 11.2 Å². The van der Waals surface area contributed by atoms with E-state index in [1.807, 2.05) is 24.4 Å². The van der Waals surface area contributed by atoms with Crippen LogP contribution in [-0.4, -0.2) is 21.3 Å². The van der Waals surface area contributed by atoms with E-state index in [2.05, 4.69) is 28.4 Å². The molecule has 0 radical (unpaired) electrons. The Morgan fingerprint density at radius 1 is 1.27 bits per heavy atom. The molecule has 0 aliphatic heterocycles.